The molecule has 3 heteroatoms. The van der Waals surface area contributed by atoms with Crippen LogP contribution >= 0.6 is 0 Å². The van der Waals surface area contributed by atoms with Crippen LogP contribution in [0.15, 0.2) is 18.2 Å². The molecule has 1 atom stereocenters. The first-order valence-corrected chi connectivity index (χ1v) is 12.1. The number of benzene rings is 1. The van der Waals surface area contributed by atoms with Crippen molar-refractivity contribution >= 4 is 5.78 Å². The summed E-state index contributed by atoms with van der Waals surface area (Å²) in [7, 11) is 0. The molecule has 1 unspecified atom stereocenters. The quantitative estimate of drug-likeness (QED) is 0.199. The SMILES string of the molecule is CCCCCCCCCCCC(=O)c1ccc(OCC(CC)CCCC)cc1O. The smallest absolute Gasteiger partial charge is 0.166 e. The van der Waals surface area contributed by atoms with Gasteiger partial charge in [0.25, 0.3) is 0 Å². The maximum atomic E-state index is 12.4. The van der Waals surface area contributed by atoms with Crippen LogP contribution in [0.2, 0.25) is 0 Å². The van der Waals surface area contributed by atoms with Crippen LogP contribution in [0.5, 0.6) is 11.5 Å². The molecule has 1 N–H and O–H groups in total. The van der Waals surface area contributed by atoms with Crippen LogP contribution < -0.4 is 4.74 Å². The van der Waals surface area contributed by atoms with Crippen molar-refractivity contribution < 1.29 is 14.6 Å². The lowest BCUT2D eigenvalue weighted by Gasteiger charge is -2.16. The fraction of sp³-hybridized carbons (Fsp3) is 0.731. The van der Waals surface area contributed by atoms with Gasteiger partial charge in [-0.15, -0.1) is 0 Å². The molecule has 29 heavy (non-hydrogen) atoms. The predicted octanol–water partition coefficient (Wildman–Crippen LogP) is 8.09. The van der Waals surface area contributed by atoms with E-state index < -0.39 is 0 Å². The molecule has 1 rings (SSSR count). The molecular formula is C26H44O3. The van der Waals surface area contributed by atoms with Crippen molar-refractivity contribution in [3.05, 3.63) is 23.8 Å². The number of ether oxygens (including phenoxy) is 1. The number of unbranched alkanes of at least 4 members (excludes halogenated alkanes) is 9. The van der Waals surface area contributed by atoms with Gasteiger partial charge in [-0.1, -0.05) is 91.4 Å². The van der Waals surface area contributed by atoms with Gasteiger partial charge in [0.05, 0.1) is 12.2 Å². The largest absolute Gasteiger partial charge is 0.507 e. The van der Waals surface area contributed by atoms with E-state index in [1.807, 2.05) is 6.07 Å². The number of rotatable bonds is 18. The van der Waals surface area contributed by atoms with E-state index in [9.17, 15) is 9.90 Å². The van der Waals surface area contributed by atoms with Crippen LogP contribution in [0.25, 0.3) is 0 Å². The van der Waals surface area contributed by atoms with Crippen LogP contribution in [-0.4, -0.2) is 17.5 Å². The van der Waals surface area contributed by atoms with Gasteiger partial charge in [-0.2, -0.15) is 0 Å². The van der Waals surface area contributed by atoms with E-state index in [2.05, 4.69) is 20.8 Å². The summed E-state index contributed by atoms with van der Waals surface area (Å²) in [4.78, 5) is 12.4. The van der Waals surface area contributed by atoms with E-state index >= 15 is 0 Å². The van der Waals surface area contributed by atoms with Crippen LogP contribution in [0, 0.1) is 5.92 Å². The summed E-state index contributed by atoms with van der Waals surface area (Å²) in [5, 5.41) is 10.3. The number of ketones is 1. The van der Waals surface area contributed by atoms with Crippen molar-refractivity contribution in [3.63, 3.8) is 0 Å². The van der Waals surface area contributed by atoms with Gasteiger partial charge < -0.3 is 9.84 Å². The summed E-state index contributed by atoms with van der Waals surface area (Å²) in [5.74, 6) is 1.28. The molecule has 1 aromatic rings. The molecule has 0 heterocycles. The third-order valence-electron chi connectivity index (χ3n) is 5.81. The summed E-state index contributed by atoms with van der Waals surface area (Å²) in [6, 6.07) is 5.12. The van der Waals surface area contributed by atoms with E-state index in [0.717, 1.165) is 19.3 Å². The van der Waals surface area contributed by atoms with E-state index in [-0.39, 0.29) is 11.5 Å². The normalized spacial score (nSPS) is 12.1. The van der Waals surface area contributed by atoms with Crippen LogP contribution in [-0.2, 0) is 0 Å². The van der Waals surface area contributed by atoms with E-state index in [0.29, 0.717) is 30.3 Å². The lowest BCUT2D eigenvalue weighted by atomic mass is 10.0. The number of phenolic OH excluding ortho intramolecular Hbond substituents is 1. The Morgan fingerprint density at radius 1 is 0.897 bits per heavy atom. The van der Waals surface area contributed by atoms with Crippen molar-refractivity contribution in [2.75, 3.05) is 6.61 Å². The first-order valence-electron chi connectivity index (χ1n) is 12.1. The van der Waals surface area contributed by atoms with E-state index in [4.69, 9.17) is 4.74 Å². The molecule has 0 aliphatic heterocycles. The van der Waals surface area contributed by atoms with Gasteiger partial charge in [-0.3, -0.25) is 4.79 Å². The monoisotopic (exact) mass is 404 g/mol. The number of carbonyl (C=O) groups excluding carboxylic acids is 1. The maximum Gasteiger partial charge on any atom is 0.166 e. The van der Waals surface area contributed by atoms with Crippen LogP contribution in [0.1, 0.15) is 121 Å². The van der Waals surface area contributed by atoms with Gasteiger partial charge in [-0.05, 0) is 30.9 Å². The Labute approximate surface area is 179 Å². The average Bonchev–Trinajstić information content (AvgIpc) is 2.72. The standard InChI is InChI=1S/C26H44O3/c1-4-7-9-10-11-12-13-14-15-17-25(27)24-19-18-23(20-26(24)28)29-21-22(6-3)16-8-5-2/h18-20,22,28H,4-17,21H2,1-3H3. The maximum absolute atomic E-state index is 12.4. The van der Waals surface area contributed by atoms with Gasteiger partial charge in [0.2, 0.25) is 0 Å². The summed E-state index contributed by atoms with van der Waals surface area (Å²) in [6.07, 6.45) is 16.3. The highest BCUT2D eigenvalue weighted by atomic mass is 16.5. The minimum absolute atomic E-state index is 0.0337. The first kappa shape index (κ1) is 25.5. The molecule has 0 amide bonds. The zero-order chi connectivity index (χ0) is 21.3. The molecule has 166 valence electrons. The Kier molecular flexibility index (Phi) is 14.4. The minimum atomic E-state index is 0.0337. The number of phenols is 1. The van der Waals surface area contributed by atoms with E-state index in [1.54, 1.807) is 12.1 Å². The van der Waals surface area contributed by atoms with Gasteiger partial charge in [0.1, 0.15) is 11.5 Å². The zero-order valence-electron chi connectivity index (χ0n) is 19.2. The van der Waals surface area contributed by atoms with Crippen molar-refractivity contribution in [3.8, 4) is 11.5 Å². The Morgan fingerprint density at radius 3 is 2.10 bits per heavy atom. The highest BCUT2D eigenvalue weighted by Crippen LogP contribution is 2.26. The lowest BCUT2D eigenvalue weighted by molar-refractivity contribution is 0.0976. The van der Waals surface area contributed by atoms with Crippen molar-refractivity contribution in [1.29, 1.82) is 0 Å². The molecule has 0 aliphatic rings. The number of carbonyl (C=O) groups is 1. The molecule has 3 nitrogen and oxygen atoms in total. The summed E-state index contributed by atoms with van der Waals surface area (Å²) < 4.78 is 5.86. The average molecular weight is 405 g/mol. The third-order valence-corrected chi connectivity index (χ3v) is 5.81. The molecule has 0 saturated carbocycles. The highest BCUT2D eigenvalue weighted by Gasteiger charge is 2.13. The molecule has 0 radical (unpaired) electrons. The zero-order valence-corrected chi connectivity index (χ0v) is 19.2. The number of hydrogen-bond donors (Lipinski definition) is 1. The second-order valence-electron chi connectivity index (χ2n) is 8.41. The fourth-order valence-electron chi connectivity index (χ4n) is 3.68. The van der Waals surface area contributed by atoms with Gasteiger partial charge in [-0.25, -0.2) is 0 Å². The molecule has 0 spiro atoms. The number of aromatic hydroxyl groups is 1. The third kappa shape index (κ3) is 11.3. The Morgan fingerprint density at radius 2 is 1.52 bits per heavy atom. The topological polar surface area (TPSA) is 46.5 Å². The van der Waals surface area contributed by atoms with Gasteiger partial charge in [0.15, 0.2) is 5.78 Å². The Bertz CT molecular complexity index is 553. The van der Waals surface area contributed by atoms with Gasteiger partial charge in [0, 0.05) is 12.5 Å². The summed E-state index contributed by atoms with van der Waals surface area (Å²) in [6.45, 7) is 7.30. The second kappa shape index (κ2) is 16.3. The van der Waals surface area contributed by atoms with Crippen molar-refractivity contribution in [1.82, 2.24) is 0 Å². The Hall–Kier alpha value is -1.51. The second-order valence-corrected chi connectivity index (χ2v) is 8.41. The number of hydrogen-bond acceptors (Lipinski definition) is 3. The molecule has 0 aromatic heterocycles. The predicted molar refractivity (Wildman–Crippen MR) is 123 cm³/mol. The van der Waals surface area contributed by atoms with Crippen molar-refractivity contribution in [2.45, 2.75) is 111 Å². The fourth-order valence-corrected chi connectivity index (χ4v) is 3.68. The summed E-state index contributed by atoms with van der Waals surface area (Å²) in [5.41, 5.74) is 0.426. The van der Waals surface area contributed by atoms with Crippen molar-refractivity contribution in [2.24, 2.45) is 5.92 Å². The molecule has 0 bridgehead atoms. The van der Waals surface area contributed by atoms with Gasteiger partial charge >= 0.3 is 0 Å². The molecule has 0 aliphatic carbocycles. The molecule has 1 aromatic carbocycles. The molecule has 0 saturated heterocycles. The minimum Gasteiger partial charge on any atom is -0.507 e. The van der Waals surface area contributed by atoms with Crippen LogP contribution in [0.3, 0.4) is 0 Å². The van der Waals surface area contributed by atoms with Crippen LogP contribution in [0.4, 0.5) is 0 Å². The highest BCUT2D eigenvalue weighted by molar-refractivity contribution is 5.98. The van der Waals surface area contributed by atoms with E-state index in [1.165, 1.54) is 64.2 Å². The first-order chi connectivity index (χ1) is 14.1. The lowest BCUT2D eigenvalue weighted by Crippen LogP contribution is -2.11. The molecular weight excluding hydrogens is 360 g/mol. The number of Topliss-reactive ketones (excluding diaryl/α,β-unsaturated/α-hetero) is 1. The molecule has 0 fully saturated rings. The summed E-state index contributed by atoms with van der Waals surface area (Å²) >= 11 is 0. The Balaban J connectivity index is 2.30.